The molecule has 2 rings (SSSR count). The smallest absolute Gasteiger partial charge is 0.462 e. The highest BCUT2D eigenvalue weighted by Crippen LogP contribution is 2.44. The molecule has 2 saturated heterocycles. The van der Waals surface area contributed by atoms with Gasteiger partial charge in [0.05, 0.1) is 38.8 Å². The van der Waals surface area contributed by atoms with Crippen LogP contribution in [0.2, 0.25) is 0 Å². The molecule has 0 aromatic heterocycles. The lowest BCUT2D eigenvalue weighted by atomic mass is 9.95. The summed E-state index contributed by atoms with van der Waals surface area (Å²) in [5, 5.41) is 28.7. The molecular weight excluding hydrogens is 1320 g/mol. The number of esters is 1. The molecule has 2 aliphatic rings. The summed E-state index contributed by atoms with van der Waals surface area (Å²) < 4.78 is 79.7. The van der Waals surface area contributed by atoms with E-state index in [1.807, 2.05) is 0 Å². The average molecular weight is 1460 g/mol. The number of phosphoric acid groups is 2. The van der Waals surface area contributed by atoms with Crippen molar-refractivity contribution in [2.24, 2.45) is 0 Å². The van der Waals surface area contributed by atoms with Gasteiger partial charge in [0.2, 0.25) is 11.8 Å². The molecule has 8 N–H and O–H groups in total. The minimum Gasteiger partial charge on any atom is -0.462 e. The van der Waals surface area contributed by atoms with Crippen LogP contribution in [0.1, 0.15) is 317 Å². The Labute approximate surface area is 594 Å². The summed E-state index contributed by atoms with van der Waals surface area (Å²) in [4.78, 5) is 110. The van der Waals surface area contributed by atoms with Crippen LogP contribution < -0.4 is 10.6 Å². The third kappa shape index (κ3) is 46.1. The molecule has 12 atom stereocenters. The van der Waals surface area contributed by atoms with Gasteiger partial charge in [0, 0.05) is 39.4 Å². The van der Waals surface area contributed by atoms with Gasteiger partial charge >= 0.3 is 21.6 Å². The van der Waals surface area contributed by atoms with Gasteiger partial charge in [-0.15, -0.1) is 0 Å². The number of aliphatic hydroxyl groups is 2. The first-order valence-corrected chi connectivity index (χ1v) is 41.6. The van der Waals surface area contributed by atoms with Gasteiger partial charge in [-0.2, -0.15) is 0 Å². The molecule has 2 heterocycles. The van der Waals surface area contributed by atoms with Gasteiger partial charge in [0.15, 0.2) is 12.6 Å². The van der Waals surface area contributed by atoms with E-state index in [0.717, 1.165) is 161 Å². The lowest BCUT2D eigenvalue weighted by Gasteiger charge is -2.47. The second-order valence-corrected chi connectivity index (χ2v) is 29.8. The number of nitrogens with one attached hydrogen (secondary N) is 2. The number of ketones is 2. The fraction of sp³-hybridized carbons (Fsp3) is 0.904. The van der Waals surface area contributed by atoms with E-state index in [9.17, 15) is 62.9 Å². The lowest BCUT2D eigenvalue weighted by Crippen LogP contribution is -2.67. The molecule has 0 aromatic rings. The van der Waals surface area contributed by atoms with Crippen LogP contribution in [0.15, 0.2) is 12.2 Å². The fourth-order valence-corrected chi connectivity index (χ4v) is 13.7. The second-order valence-electron chi connectivity index (χ2n) is 27.4. The Balaban J connectivity index is 2.63. The van der Waals surface area contributed by atoms with E-state index in [4.69, 9.17) is 42.2 Å². The largest absolute Gasteiger partial charge is 0.472 e. The lowest BCUT2D eigenvalue weighted by molar-refractivity contribution is -0.301. The number of unbranched alkanes of at least 4 members (excludes halogenated alkanes) is 29. The Morgan fingerprint density at radius 1 is 0.455 bits per heavy atom. The maximum atomic E-state index is 14.3. The van der Waals surface area contributed by atoms with Gasteiger partial charge in [0.1, 0.15) is 66.4 Å². The van der Waals surface area contributed by atoms with Crippen LogP contribution in [0, 0.1) is 0 Å². The molecule has 0 radical (unpaired) electrons. The van der Waals surface area contributed by atoms with E-state index in [-0.39, 0.29) is 56.9 Å². The number of phosphoric ester groups is 2. The number of aliphatic hydroxyl groups excluding tert-OH is 2. The Bertz CT molecular complexity index is 2220. The number of hydrogen-bond donors (Lipinski definition) is 8. The summed E-state index contributed by atoms with van der Waals surface area (Å²) in [6.45, 7) is 9.07. The number of carbonyl (C=O) groups excluding carboxylic acids is 5. The van der Waals surface area contributed by atoms with Crippen LogP contribution >= 0.6 is 15.6 Å². The molecule has 0 aliphatic carbocycles. The number of allylic oxidation sites excluding steroid dienone is 2. The van der Waals surface area contributed by atoms with Crippen LogP contribution in [-0.4, -0.2) is 166 Å². The van der Waals surface area contributed by atoms with Crippen LogP contribution in [0.25, 0.3) is 0 Å². The first kappa shape index (κ1) is 92.5. The average Bonchev–Trinajstić information content (AvgIpc) is 0.789. The zero-order chi connectivity index (χ0) is 72.9. The molecule has 0 spiro atoms. The molecule has 0 saturated carbocycles. The Morgan fingerprint density at radius 2 is 0.879 bits per heavy atom. The number of carbonyl (C=O) groups is 5. The van der Waals surface area contributed by atoms with E-state index in [2.05, 4.69) is 57.4 Å². The van der Waals surface area contributed by atoms with Crippen LogP contribution in [0.3, 0.4) is 0 Å². The first-order valence-electron chi connectivity index (χ1n) is 38.5. The summed E-state index contributed by atoms with van der Waals surface area (Å²) >= 11 is 0. The standard InChI is InChI=1S/C73H136N2O22P2/c1-7-12-17-22-25-28-31-36-40-45-58(77)53-63(79)74-66-70(90-51-49-57(76)44-39-34-20-15-10-4)68(82)61(94-73(66)97-99(86,87)88)56-92-72-67(75-64(80)54-59(78)46-41-37-32-29-26-23-18-13-8-2)71(69(96-98(83,84)85)62(95-72)55-89-6)91-52-50-60(47-42-35-21-16-11-5)93-65(81)48-43-38-33-30-27-24-19-14-9-3/h30,33,57,60-62,66-73,76,82H,7-29,31-32,34-56H2,1-6H3,(H,74,79)(H,75,80)(H2,83,84,85)(H2,86,87,88). The second kappa shape index (κ2) is 57.7. The van der Waals surface area contributed by atoms with Crippen molar-refractivity contribution < 1.29 is 105 Å². The van der Waals surface area contributed by atoms with E-state index in [1.165, 1.54) is 45.6 Å². The molecule has 2 amide bonds. The number of methoxy groups -OCH3 is 1. The van der Waals surface area contributed by atoms with Crippen molar-refractivity contribution in [3.63, 3.8) is 0 Å². The summed E-state index contributed by atoms with van der Waals surface area (Å²) in [5.41, 5.74) is 0. The quantitative estimate of drug-likeness (QED) is 0.00922. The maximum Gasteiger partial charge on any atom is 0.472 e. The van der Waals surface area contributed by atoms with Crippen LogP contribution in [-0.2, 0) is 75.3 Å². The summed E-state index contributed by atoms with van der Waals surface area (Å²) in [6.07, 6.45) is 23.8. The highest BCUT2D eigenvalue weighted by atomic mass is 31.2. The number of rotatable bonds is 65. The van der Waals surface area contributed by atoms with Crippen LogP contribution in [0.5, 0.6) is 0 Å². The maximum absolute atomic E-state index is 14.3. The summed E-state index contributed by atoms with van der Waals surface area (Å²) in [5.74, 6) is -2.85. The van der Waals surface area contributed by atoms with Crippen molar-refractivity contribution in [3.05, 3.63) is 12.2 Å². The van der Waals surface area contributed by atoms with Crippen molar-refractivity contribution in [2.75, 3.05) is 33.5 Å². The van der Waals surface area contributed by atoms with Gasteiger partial charge in [-0.1, -0.05) is 227 Å². The Kier molecular flexibility index (Phi) is 53.9. The van der Waals surface area contributed by atoms with Gasteiger partial charge in [-0.05, 0) is 64.2 Å². The first-order chi connectivity index (χ1) is 47.6. The van der Waals surface area contributed by atoms with Crippen LogP contribution in [0.4, 0.5) is 0 Å². The van der Waals surface area contributed by atoms with E-state index in [0.29, 0.717) is 38.5 Å². The normalized spacial score (nSPS) is 22.0. The molecule has 12 unspecified atom stereocenters. The number of hydrogen-bond acceptors (Lipinski definition) is 18. The molecule has 99 heavy (non-hydrogen) atoms. The third-order valence-electron chi connectivity index (χ3n) is 18.3. The van der Waals surface area contributed by atoms with Gasteiger partial charge in [0.25, 0.3) is 0 Å². The molecule has 26 heteroatoms. The minimum atomic E-state index is -5.51. The predicted octanol–water partition coefficient (Wildman–Crippen LogP) is 14.0. The van der Waals surface area contributed by atoms with E-state index < -0.39 is 133 Å². The van der Waals surface area contributed by atoms with E-state index >= 15 is 0 Å². The number of amides is 2. The molecule has 2 fully saturated rings. The summed E-state index contributed by atoms with van der Waals surface area (Å²) in [6, 6.07) is -3.26. The molecule has 580 valence electrons. The van der Waals surface area contributed by atoms with Crippen molar-refractivity contribution in [1.82, 2.24) is 10.6 Å². The van der Waals surface area contributed by atoms with Crippen molar-refractivity contribution >= 4 is 45.0 Å². The van der Waals surface area contributed by atoms with Crippen molar-refractivity contribution in [2.45, 2.75) is 391 Å². The number of ether oxygens (including phenoxy) is 7. The Hall–Kier alpha value is -2.61. The monoisotopic (exact) mass is 1450 g/mol. The molecule has 0 bridgehead atoms. The highest BCUT2D eigenvalue weighted by Gasteiger charge is 2.53. The van der Waals surface area contributed by atoms with Gasteiger partial charge in [-0.3, -0.25) is 33.0 Å². The third-order valence-corrected chi connectivity index (χ3v) is 19.3. The Morgan fingerprint density at radius 3 is 1.37 bits per heavy atom. The predicted molar refractivity (Wildman–Crippen MR) is 381 cm³/mol. The summed E-state index contributed by atoms with van der Waals surface area (Å²) in [7, 11) is -9.64. The fourth-order valence-electron chi connectivity index (χ4n) is 12.7. The van der Waals surface area contributed by atoms with Crippen molar-refractivity contribution in [3.8, 4) is 0 Å². The molecule has 24 nitrogen and oxygen atoms in total. The topological polar surface area (TPSA) is 348 Å². The van der Waals surface area contributed by atoms with Gasteiger partial charge in [-0.25, -0.2) is 9.13 Å². The SMILES string of the molecule is CCCCCCC=CCCCC(=O)OC(CCCCCCC)CCOC1C(NC(=O)CC(=O)CCCCCCCCCCC)C(OCC2OC(OP(=O)(O)O)C(NC(=O)CC(=O)CCCCCCCCCCC)C(OCCC(O)CCCCCCC)C2O)OC(COC)C1OP(=O)(O)O. The minimum absolute atomic E-state index is 0.0549. The molecule has 0 aromatic carbocycles. The molecule has 2 aliphatic heterocycles. The zero-order valence-corrected chi connectivity index (χ0v) is 63.4. The molecular formula is C73H136N2O22P2. The van der Waals surface area contributed by atoms with Crippen molar-refractivity contribution in [1.29, 1.82) is 0 Å². The van der Waals surface area contributed by atoms with E-state index in [1.54, 1.807) is 0 Å². The highest BCUT2D eigenvalue weighted by molar-refractivity contribution is 7.46. The number of Topliss-reactive ketones (excluding diaryl/α,β-unsaturated/α-hetero) is 2. The zero-order valence-electron chi connectivity index (χ0n) is 61.6. The van der Waals surface area contributed by atoms with Gasteiger partial charge < -0.3 is 73.6 Å².